The van der Waals surface area contributed by atoms with E-state index >= 15 is 0 Å². The third-order valence-electron chi connectivity index (χ3n) is 5.45. The number of nitrogens with one attached hydrogen (secondary N) is 1. The molecule has 1 aromatic rings. The number of hydrogen-bond acceptors (Lipinski definition) is 2. The van der Waals surface area contributed by atoms with Crippen molar-refractivity contribution in [2.24, 2.45) is 11.7 Å². The van der Waals surface area contributed by atoms with Crippen molar-refractivity contribution in [1.82, 2.24) is 5.32 Å². The van der Waals surface area contributed by atoms with Gasteiger partial charge >= 0.3 is 0 Å². The van der Waals surface area contributed by atoms with Gasteiger partial charge in [-0.1, -0.05) is 36.6 Å². The van der Waals surface area contributed by atoms with E-state index in [1.807, 2.05) is 12.1 Å². The van der Waals surface area contributed by atoms with Gasteiger partial charge in [0.25, 0.3) is 0 Å². The van der Waals surface area contributed by atoms with Crippen LogP contribution in [0.3, 0.4) is 0 Å². The molecule has 0 saturated heterocycles. The van der Waals surface area contributed by atoms with Gasteiger partial charge in [0.2, 0.25) is 5.91 Å². The standard InChI is InChI=1S/C18H25ClN2O.ClH/c19-15-7-5-14(6-8-15)18(9-2-10-18)12-21-17(22)13-3-1-4-16(20)11-13;/h5-8,13,16H,1-4,9-12,20H2,(H,21,22);1H. The third kappa shape index (κ3) is 4.20. The van der Waals surface area contributed by atoms with Gasteiger partial charge in [-0.15, -0.1) is 12.4 Å². The first-order valence-corrected chi connectivity index (χ1v) is 8.76. The maximum absolute atomic E-state index is 12.4. The molecule has 2 saturated carbocycles. The van der Waals surface area contributed by atoms with Crippen molar-refractivity contribution in [3.05, 3.63) is 34.9 Å². The summed E-state index contributed by atoms with van der Waals surface area (Å²) in [7, 11) is 0. The van der Waals surface area contributed by atoms with Gasteiger partial charge in [0.1, 0.15) is 0 Å². The first-order valence-electron chi connectivity index (χ1n) is 8.38. The third-order valence-corrected chi connectivity index (χ3v) is 5.71. The van der Waals surface area contributed by atoms with Gasteiger partial charge in [-0.25, -0.2) is 0 Å². The van der Waals surface area contributed by atoms with Crippen LogP contribution in [-0.4, -0.2) is 18.5 Å². The molecule has 0 bridgehead atoms. The zero-order valence-corrected chi connectivity index (χ0v) is 15.0. The number of benzene rings is 1. The van der Waals surface area contributed by atoms with E-state index in [0.717, 1.165) is 50.1 Å². The van der Waals surface area contributed by atoms with Crippen LogP contribution in [0.4, 0.5) is 0 Å². The molecule has 2 unspecified atom stereocenters. The lowest BCUT2D eigenvalue weighted by Crippen LogP contribution is -2.47. The predicted molar refractivity (Wildman–Crippen MR) is 97.2 cm³/mol. The van der Waals surface area contributed by atoms with Crippen LogP contribution >= 0.6 is 24.0 Å². The van der Waals surface area contributed by atoms with Crippen LogP contribution in [0.5, 0.6) is 0 Å². The highest BCUT2D eigenvalue weighted by atomic mass is 35.5. The Labute approximate surface area is 149 Å². The zero-order valence-electron chi connectivity index (χ0n) is 13.4. The molecule has 23 heavy (non-hydrogen) atoms. The molecule has 0 aliphatic heterocycles. The molecule has 2 fully saturated rings. The Hall–Kier alpha value is -0.770. The van der Waals surface area contributed by atoms with Crippen molar-refractivity contribution in [3.8, 4) is 0 Å². The fourth-order valence-corrected chi connectivity index (χ4v) is 3.97. The van der Waals surface area contributed by atoms with Crippen LogP contribution in [0, 0.1) is 5.92 Å². The molecule has 3 nitrogen and oxygen atoms in total. The maximum atomic E-state index is 12.4. The monoisotopic (exact) mass is 356 g/mol. The summed E-state index contributed by atoms with van der Waals surface area (Å²) in [6.45, 7) is 0.735. The lowest BCUT2D eigenvalue weighted by atomic mass is 9.64. The average molecular weight is 357 g/mol. The number of amides is 1. The van der Waals surface area contributed by atoms with Gasteiger partial charge in [0.15, 0.2) is 0 Å². The van der Waals surface area contributed by atoms with Crippen LogP contribution < -0.4 is 11.1 Å². The molecule has 0 aromatic heterocycles. The van der Waals surface area contributed by atoms with Crippen LogP contribution in [0.15, 0.2) is 24.3 Å². The summed E-state index contributed by atoms with van der Waals surface area (Å²) in [4.78, 5) is 12.4. The van der Waals surface area contributed by atoms with Crippen LogP contribution in [0.25, 0.3) is 0 Å². The lowest BCUT2D eigenvalue weighted by Gasteiger charge is -2.43. The second-order valence-electron chi connectivity index (χ2n) is 6.98. The Balaban J connectivity index is 0.00000192. The SMILES string of the molecule is Cl.NC1CCCC(C(=O)NCC2(c3ccc(Cl)cc3)CCC2)C1. The fraction of sp³-hybridized carbons (Fsp3) is 0.611. The Bertz CT molecular complexity index is 528. The van der Waals surface area contributed by atoms with E-state index in [1.165, 1.54) is 12.0 Å². The molecule has 2 aliphatic rings. The minimum absolute atomic E-state index is 0. The maximum Gasteiger partial charge on any atom is 0.223 e. The van der Waals surface area contributed by atoms with Crippen LogP contribution in [-0.2, 0) is 10.2 Å². The van der Waals surface area contributed by atoms with Crippen molar-refractivity contribution in [3.63, 3.8) is 0 Å². The molecule has 5 heteroatoms. The molecule has 0 radical (unpaired) electrons. The number of carbonyl (C=O) groups is 1. The number of halogens is 2. The van der Waals surface area contributed by atoms with Crippen LogP contribution in [0.1, 0.15) is 50.5 Å². The predicted octanol–water partition coefficient (Wildman–Crippen LogP) is 3.82. The second-order valence-corrected chi connectivity index (χ2v) is 7.42. The molecule has 3 N–H and O–H groups in total. The molecular formula is C18H26Cl2N2O. The highest BCUT2D eigenvalue weighted by molar-refractivity contribution is 6.30. The molecule has 3 rings (SSSR count). The van der Waals surface area contributed by atoms with Gasteiger partial charge in [-0.3, -0.25) is 4.79 Å². The van der Waals surface area contributed by atoms with E-state index in [0.29, 0.717) is 0 Å². The molecule has 2 aliphatic carbocycles. The van der Waals surface area contributed by atoms with Gasteiger partial charge in [-0.05, 0) is 49.8 Å². The van der Waals surface area contributed by atoms with Crippen molar-refractivity contribution < 1.29 is 4.79 Å². The first kappa shape index (κ1) is 18.6. The second kappa shape index (κ2) is 7.87. The zero-order chi connectivity index (χ0) is 15.6. The Morgan fingerprint density at radius 2 is 1.91 bits per heavy atom. The van der Waals surface area contributed by atoms with E-state index in [1.54, 1.807) is 0 Å². The van der Waals surface area contributed by atoms with Crippen molar-refractivity contribution in [1.29, 1.82) is 0 Å². The van der Waals surface area contributed by atoms with E-state index in [4.69, 9.17) is 17.3 Å². The quantitative estimate of drug-likeness (QED) is 0.861. The van der Waals surface area contributed by atoms with Gasteiger partial charge in [-0.2, -0.15) is 0 Å². The summed E-state index contributed by atoms with van der Waals surface area (Å²) in [6.07, 6.45) is 7.44. The Morgan fingerprint density at radius 1 is 1.22 bits per heavy atom. The van der Waals surface area contributed by atoms with Crippen molar-refractivity contribution in [2.45, 2.75) is 56.4 Å². The Kier molecular flexibility index (Phi) is 6.35. The summed E-state index contributed by atoms with van der Waals surface area (Å²) < 4.78 is 0. The van der Waals surface area contributed by atoms with E-state index in [2.05, 4.69) is 17.4 Å². The molecule has 128 valence electrons. The molecule has 1 aromatic carbocycles. The largest absolute Gasteiger partial charge is 0.355 e. The number of hydrogen-bond donors (Lipinski definition) is 2. The smallest absolute Gasteiger partial charge is 0.223 e. The minimum atomic E-state index is 0. The molecule has 1 amide bonds. The highest BCUT2D eigenvalue weighted by Gasteiger charge is 2.39. The minimum Gasteiger partial charge on any atom is -0.355 e. The number of carbonyl (C=O) groups excluding carboxylic acids is 1. The summed E-state index contributed by atoms with van der Waals surface area (Å²) in [5.74, 6) is 0.293. The summed E-state index contributed by atoms with van der Waals surface area (Å²) in [5.41, 5.74) is 7.40. The molecule has 2 atom stereocenters. The first-order chi connectivity index (χ1) is 10.6. The van der Waals surface area contributed by atoms with Gasteiger partial charge in [0.05, 0.1) is 0 Å². The molecular weight excluding hydrogens is 331 g/mol. The van der Waals surface area contributed by atoms with Crippen LogP contribution in [0.2, 0.25) is 5.02 Å². The van der Waals surface area contributed by atoms with Crippen molar-refractivity contribution in [2.75, 3.05) is 6.54 Å². The topological polar surface area (TPSA) is 55.1 Å². The van der Waals surface area contributed by atoms with E-state index in [-0.39, 0.29) is 35.7 Å². The normalized spacial score (nSPS) is 25.8. The van der Waals surface area contributed by atoms with Gasteiger partial charge < -0.3 is 11.1 Å². The van der Waals surface area contributed by atoms with E-state index in [9.17, 15) is 4.79 Å². The van der Waals surface area contributed by atoms with E-state index < -0.39 is 0 Å². The lowest BCUT2D eigenvalue weighted by molar-refractivity contribution is -0.126. The average Bonchev–Trinajstić information content (AvgIpc) is 2.47. The highest BCUT2D eigenvalue weighted by Crippen LogP contribution is 2.43. The molecule has 0 spiro atoms. The summed E-state index contributed by atoms with van der Waals surface area (Å²) in [6, 6.07) is 8.28. The van der Waals surface area contributed by atoms with Gasteiger partial charge in [0, 0.05) is 28.9 Å². The number of nitrogens with two attached hydrogens (primary N) is 1. The number of rotatable bonds is 4. The summed E-state index contributed by atoms with van der Waals surface area (Å²) in [5, 5.41) is 3.96. The Morgan fingerprint density at radius 3 is 2.48 bits per heavy atom. The summed E-state index contributed by atoms with van der Waals surface area (Å²) >= 11 is 5.98. The molecule has 0 heterocycles. The fourth-order valence-electron chi connectivity index (χ4n) is 3.84. The van der Waals surface area contributed by atoms with Crippen molar-refractivity contribution >= 4 is 29.9 Å².